The molecule has 0 saturated carbocycles. The number of nitrogens with zero attached hydrogens (tertiary/aromatic N) is 2. The van der Waals surface area contributed by atoms with Gasteiger partial charge in [0.2, 0.25) is 0 Å². The molecule has 0 aliphatic rings. The molecule has 2 rings (SSSR count). The van der Waals surface area contributed by atoms with Crippen molar-refractivity contribution in [3.05, 3.63) is 47.8 Å². The molecule has 0 saturated heterocycles. The molecule has 2 aromatic rings. The number of anilines is 2. The van der Waals surface area contributed by atoms with Gasteiger partial charge >= 0.3 is 0 Å². The molecule has 6 nitrogen and oxygen atoms in total. The second kappa shape index (κ2) is 6.12. The van der Waals surface area contributed by atoms with E-state index in [-0.39, 0.29) is 0 Å². The lowest BCUT2D eigenvalue weighted by Crippen LogP contribution is -2.16. The number of hydrogen-bond donors (Lipinski definition) is 4. The predicted octanol–water partition coefficient (Wildman–Crippen LogP) is 1.22. The van der Waals surface area contributed by atoms with Crippen LogP contribution in [0.15, 0.2) is 36.7 Å². The third kappa shape index (κ3) is 3.18. The molecular formula is C13H17N5O. The van der Waals surface area contributed by atoms with E-state index in [2.05, 4.69) is 20.7 Å². The Hall–Kier alpha value is -2.18. The molecule has 0 spiro atoms. The zero-order valence-corrected chi connectivity index (χ0v) is 10.7. The van der Waals surface area contributed by atoms with Crippen LogP contribution >= 0.6 is 0 Å². The summed E-state index contributed by atoms with van der Waals surface area (Å²) in [7, 11) is 0. The van der Waals surface area contributed by atoms with E-state index in [0.29, 0.717) is 18.2 Å². The highest BCUT2D eigenvalue weighted by Crippen LogP contribution is 2.19. The first kappa shape index (κ1) is 13.3. The van der Waals surface area contributed by atoms with Crippen molar-refractivity contribution >= 4 is 11.6 Å². The summed E-state index contributed by atoms with van der Waals surface area (Å²) in [6.45, 7) is 2.22. The Morgan fingerprint density at radius 2 is 1.89 bits per heavy atom. The number of nitrogen functional groups attached to an aromatic ring is 1. The first-order valence-corrected chi connectivity index (χ1v) is 5.97. The van der Waals surface area contributed by atoms with E-state index < -0.39 is 6.10 Å². The molecule has 0 fully saturated rings. The van der Waals surface area contributed by atoms with Gasteiger partial charge in [-0.15, -0.1) is 0 Å². The third-order valence-electron chi connectivity index (χ3n) is 2.87. The third-order valence-corrected chi connectivity index (χ3v) is 2.87. The zero-order chi connectivity index (χ0) is 13.7. The normalized spacial score (nSPS) is 11.9. The summed E-state index contributed by atoms with van der Waals surface area (Å²) in [5.41, 5.74) is 4.17. The van der Waals surface area contributed by atoms with Gasteiger partial charge in [0.15, 0.2) is 0 Å². The molecule has 1 aromatic heterocycles. The Balaban J connectivity index is 2.03. The number of benzene rings is 1. The Bertz CT molecular complexity index is 532. The number of hydrazine groups is 1. The molecule has 1 aromatic carbocycles. The van der Waals surface area contributed by atoms with E-state index in [1.54, 1.807) is 0 Å². The quantitative estimate of drug-likeness (QED) is 0.476. The van der Waals surface area contributed by atoms with Crippen molar-refractivity contribution in [3.63, 3.8) is 0 Å². The predicted molar refractivity (Wildman–Crippen MR) is 74.5 cm³/mol. The van der Waals surface area contributed by atoms with Crippen LogP contribution in [0.3, 0.4) is 0 Å². The van der Waals surface area contributed by atoms with Crippen molar-refractivity contribution in [2.24, 2.45) is 5.84 Å². The van der Waals surface area contributed by atoms with Gasteiger partial charge in [0.05, 0.1) is 6.10 Å². The van der Waals surface area contributed by atoms with Gasteiger partial charge in [-0.3, -0.25) is 0 Å². The number of nitrogens with one attached hydrogen (secondary N) is 2. The minimum Gasteiger partial charge on any atom is -0.387 e. The second-order valence-electron chi connectivity index (χ2n) is 4.15. The van der Waals surface area contributed by atoms with E-state index in [9.17, 15) is 5.11 Å². The molecule has 0 bridgehead atoms. The van der Waals surface area contributed by atoms with Crippen LogP contribution in [0.1, 0.15) is 17.2 Å². The minimum atomic E-state index is -0.593. The molecule has 19 heavy (non-hydrogen) atoms. The van der Waals surface area contributed by atoms with Gasteiger partial charge in [0.1, 0.15) is 18.0 Å². The average molecular weight is 259 g/mol. The van der Waals surface area contributed by atoms with E-state index in [1.807, 2.05) is 37.3 Å². The van der Waals surface area contributed by atoms with Gasteiger partial charge in [-0.2, -0.15) is 0 Å². The zero-order valence-electron chi connectivity index (χ0n) is 10.7. The van der Waals surface area contributed by atoms with Gasteiger partial charge in [-0.25, -0.2) is 15.8 Å². The van der Waals surface area contributed by atoms with Gasteiger partial charge < -0.3 is 15.8 Å². The van der Waals surface area contributed by atoms with E-state index >= 15 is 0 Å². The average Bonchev–Trinajstić information content (AvgIpc) is 2.47. The number of nitrogens with two attached hydrogens (primary N) is 1. The molecule has 6 heteroatoms. The van der Waals surface area contributed by atoms with Gasteiger partial charge in [-0.1, -0.05) is 30.3 Å². The first-order valence-electron chi connectivity index (χ1n) is 5.97. The summed E-state index contributed by atoms with van der Waals surface area (Å²) in [4.78, 5) is 8.12. The van der Waals surface area contributed by atoms with Crippen LogP contribution in [0.5, 0.6) is 0 Å². The van der Waals surface area contributed by atoms with Crippen molar-refractivity contribution in [2.75, 3.05) is 17.3 Å². The van der Waals surface area contributed by atoms with Crippen molar-refractivity contribution in [1.82, 2.24) is 9.97 Å². The van der Waals surface area contributed by atoms with Crippen LogP contribution in [-0.4, -0.2) is 21.6 Å². The topological polar surface area (TPSA) is 96.1 Å². The van der Waals surface area contributed by atoms with Crippen molar-refractivity contribution in [3.8, 4) is 0 Å². The minimum absolute atomic E-state index is 0.367. The molecule has 1 unspecified atom stereocenters. The summed E-state index contributed by atoms with van der Waals surface area (Å²) in [5, 5.41) is 13.1. The summed E-state index contributed by atoms with van der Waals surface area (Å²) in [6, 6.07) is 9.46. The standard InChI is InChI=1S/C13H17N5O/c1-9-12(16-8-17-13(9)18-14)15-7-11(19)10-5-3-2-4-6-10/h2-6,8,11,19H,7,14H2,1H3,(H2,15,16,17,18). The van der Waals surface area contributed by atoms with Crippen molar-refractivity contribution in [1.29, 1.82) is 0 Å². The van der Waals surface area contributed by atoms with E-state index in [4.69, 9.17) is 5.84 Å². The number of hydrogen-bond acceptors (Lipinski definition) is 6. The highest BCUT2D eigenvalue weighted by molar-refractivity contribution is 5.55. The lowest BCUT2D eigenvalue weighted by molar-refractivity contribution is 0.191. The number of aliphatic hydroxyl groups excluding tert-OH is 1. The van der Waals surface area contributed by atoms with Crippen LogP contribution in [0.4, 0.5) is 11.6 Å². The number of aromatic nitrogens is 2. The molecule has 100 valence electrons. The van der Waals surface area contributed by atoms with Gasteiger partial charge in [0, 0.05) is 12.1 Å². The first-order chi connectivity index (χ1) is 9.22. The molecule has 0 amide bonds. The summed E-state index contributed by atoms with van der Waals surface area (Å²) in [5.74, 6) is 6.56. The molecular weight excluding hydrogens is 242 g/mol. The number of aliphatic hydroxyl groups is 1. The van der Waals surface area contributed by atoms with Gasteiger partial charge in [-0.05, 0) is 12.5 Å². The van der Waals surface area contributed by atoms with Gasteiger partial charge in [0.25, 0.3) is 0 Å². The van der Waals surface area contributed by atoms with Crippen LogP contribution < -0.4 is 16.6 Å². The fourth-order valence-electron chi connectivity index (χ4n) is 1.76. The van der Waals surface area contributed by atoms with Crippen LogP contribution in [0, 0.1) is 6.92 Å². The number of rotatable bonds is 5. The Morgan fingerprint density at radius 1 is 1.21 bits per heavy atom. The van der Waals surface area contributed by atoms with Crippen molar-refractivity contribution < 1.29 is 5.11 Å². The lowest BCUT2D eigenvalue weighted by Gasteiger charge is -2.14. The Morgan fingerprint density at radius 3 is 2.58 bits per heavy atom. The maximum absolute atomic E-state index is 10.1. The highest BCUT2D eigenvalue weighted by Gasteiger charge is 2.09. The smallest absolute Gasteiger partial charge is 0.148 e. The van der Waals surface area contributed by atoms with Crippen molar-refractivity contribution in [2.45, 2.75) is 13.0 Å². The van der Waals surface area contributed by atoms with Crippen LogP contribution in [-0.2, 0) is 0 Å². The SMILES string of the molecule is Cc1c(NN)ncnc1NCC(O)c1ccccc1. The maximum Gasteiger partial charge on any atom is 0.148 e. The lowest BCUT2D eigenvalue weighted by atomic mass is 10.1. The highest BCUT2D eigenvalue weighted by atomic mass is 16.3. The molecule has 1 heterocycles. The Kier molecular flexibility index (Phi) is 4.27. The maximum atomic E-state index is 10.1. The molecule has 0 aliphatic heterocycles. The van der Waals surface area contributed by atoms with E-state index in [1.165, 1.54) is 6.33 Å². The second-order valence-corrected chi connectivity index (χ2v) is 4.15. The summed E-state index contributed by atoms with van der Waals surface area (Å²) < 4.78 is 0. The summed E-state index contributed by atoms with van der Waals surface area (Å²) >= 11 is 0. The molecule has 0 aliphatic carbocycles. The summed E-state index contributed by atoms with van der Waals surface area (Å²) in [6.07, 6.45) is 0.823. The monoisotopic (exact) mass is 259 g/mol. The fraction of sp³-hybridized carbons (Fsp3) is 0.231. The Labute approximate surface area is 111 Å². The molecule has 5 N–H and O–H groups in total. The fourth-order valence-corrected chi connectivity index (χ4v) is 1.76. The van der Waals surface area contributed by atoms with Crippen LogP contribution in [0.25, 0.3) is 0 Å². The molecule has 1 atom stereocenters. The van der Waals surface area contributed by atoms with Crippen LogP contribution in [0.2, 0.25) is 0 Å². The largest absolute Gasteiger partial charge is 0.387 e. The molecule has 0 radical (unpaired) electrons. The van der Waals surface area contributed by atoms with E-state index in [0.717, 1.165) is 11.1 Å².